The van der Waals surface area contributed by atoms with E-state index >= 15 is 0 Å². The standard InChI is InChI=1S/C14H11IN2O2S/c15-12-6-2-1-5-11(12)14(19)17-16-13(18)8-7-10-4-3-9-20-10/h1-9H,(H,16,18)(H,17,19). The number of hydrogen-bond donors (Lipinski definition) is 2. The van der Waals surface area contributed by atoms with Crippen molar-refractivity contribution in [3.8, 4) is 0 Å². The lowest BCUT2D eigenvalue weighted by atomic mass is 10.2. The number of benzene rings is 1. The highest BCUT2D eigenvalue weighted by Gasteiger charge is 2.08. The summed E-state index contributed by atoms with van der Waals surface area (Å²) in [6.07, 6.45) is 3.07. The number of hydrogen-bond acceptors (Lipinski definition) is 3. The zero-order valence-corrected chi connectivity index (χ0v) is 13.3. The fourth-order valence-corrected chi connectivity index (χ4v) is 2.67. The molecule has 2 N–H and O–H groups in total. The molecule has 2 rings (SSSR count). The van der Waals surface area contributed by atoms with Gasteiger partial charge >= 0.3 is 0 Å². The lowest BCUT2D eigenvalue weighted by molar-refractivity contribution is -0.117. The Balaban J connectivity index is 1.87. The van der Waals surface area contributed by atoms with E-state index in [0.717, 1.165) is 8.45 Å². The second-order valence-corrected chi connectivity index (χ2v) is 5.91. The normalized spacial score (nSPS) is 10.4. The van der Waals surface area contributed by atoms with Crippen LogP contribution in [0.1, 0.15) is 15.2 Å². The Labute approximate surface area is 134 Å². The van der Waals surface area contributed by atoms with Crippen molar-refractivity contribution in [3.63, 3.8) is 0 Å². The molecule has 4 nitrogen and oxygen atoms in total. The highest BCUT2D eigenvalue weighted by molar-refractivity contribution is 14.1. The van der Waals surface area contributed by atoms with E-state index in [9.17, 15) is 9.59 Å². The van der Waals surface area contributed by atoms with Gasteiger partial charge in [-0.1, -0.05) is 18.2 Å². The monoisotopic (exact) mass is 398 g/mol. The van der Waals surface area contributed by atoms with E-state index in [2.05, 4.69) is 33.4 Å². The molecule has 1 heterocycles. The van der Waals surface area contributed by atoms with Crippen molar-refractivity contribution >= 4 is 51.8 Å². The predicted octanol–water partition coefficient (Wildman–Crippen LogP) is 2.83. The summed E-state index contributed by atoms with van der Waals surface area (Å²) < 4.78 is 0.825. The van der Waals surface area contributed by atoms with Crippen molar-refractivity contribution in [2.75, 3.05) is 0 Å². The van der Waals surface area contributed by atoms with E-state index in [-0.39, 0.29) is 11.8 Å². The van der Waals surface area contributed by atoms with Crippen LogP contribution in [0.2, 0.25) is 0 Å². The SMILES string of the molecule is O=C(C=Cc1cccs1)NNC(=O)c1ccccc1I. The molecule has 6 heteroatoms. The molecule has 0 saturated carbocycles. The van der Waals surface area contributed by atoms with Crippen molar-refractivity contribution in [3.05, 3.63) is 61.9 Å². The van der Waals surface area contributed by atoms with E-state index in [0.29, 0.717) is 5.56 Å². The van der Waals surface area contributed by atoms with Gasteiger partial charge < -0.3 is 0 Å². The van der Waals surface area contributed by atoms with E-state index < -0.39 is 0 Å². The van der Waals surface area contributed by atoms with E-state index in [1.165, 1.54) is 17.4 Å². The number of amides is 2. The Kier molecular flexibility index (Phi) is 5.31. The molecule has 0 fully saturated rings. The van der Waals surface area contributed by atoms with Gasteiger partial charge in [-0.3, -0.25) is 20.4 Å². The third-order valence-electron chi connectivity index (χ3n) is 2.36. The van der Waals surface area contributed by atoms with Gasteiger partial charge in [0.25, 0.3) is 11.8 Å². The molecule has 0 aliphatic heterocycles. The van der Waals surface area contributed by atoms with Crippen LogP contribution in [0.3, 0.4) is 0 Å². The summed E-state index contributed by atoms with van der Waals surface area (Å²) in [6, 6.07) is 11.0. The van der Waals surface area contributed by atoms with Gasteiger partial charge in [0.1, 0.15) is 0 Å². The summed E-state index contributed by atoms with van der Waals surface area (Å²) in [5.74, 6) is -0.717. The van der Waals surface area contributed by atoms with E-state index in [1.54, 1.807) is 18.2 Å². The molecule has 0 unspecified atom stereocenters. The van der Waals surface area contributed by atoms with Crippen LogP contribution >= 0.6 is 33.9 Å². The molecule has 0 atom stereocenters. The molecule has 1 aromatic heterocycles. The number of thiophene rings is 1. The van der Waals surface area contributed by atoms with Crippen LogP contribution in [0.4, 0.5) is 0 Å². The van der Waals surface area contributed by atoms with Crippen molar-refractivity contribution < 1.29 is 9.59 Å². The minimum absolute atomic E-state index is 0.340. The number of rotatable bonds is 3. The van der Waals surface area contributed by atoms with Gasteiger partial charge in [-0.15, -0.1) is 11.3 Å². The Morgan fingerprint density at radius 3 is 2.60 bits per heavy atom. The fourth-order valence-electron chi connectivity index (χ4n) is 1.42. The summed E-state index contributed by atoms with van der Waals surface area (Å²) in [5, 5.41) is 1.93. The number of carbonyl (C=O) groups is 2. The van der Waals surface area contributed by atoms with Gasteiger partial charge in [-0.25, -0.2) is 0 Å². The second kappa shape index (κ2) is 7.20. The van der Waals surface area contributed by atoms with E-state index in [4.69, 9.17) is 0 Å². The molecular weight excluding hydrogens is 387 g/mol. The van der Waals surface area contributed by atoms with Gasteiger partial charge in [0, 0.05) is 14.5 Å². The molecule has 2 amide bonds. The summed E-state index contributed by atoms with van der Waals surface area (Å²) in [4.78, 5) is 24.4. The van der Waals surface area contributed by atoms with Gasteiger partial charge in [0.15, 0.2) is 0 Å². The molecule has 0 saturated heterocycles. The van der Waals surface area contributed by atoms with Crippen LogP contribution in [-0.4, -0.2) is 11.8 Å². The number of carbonyl (C=O) groups excluding carboxylic acids is 2. The number of nitrogens with one attached hydrogen (secondary N) is 2. The average molecular weight is 398 g/mol. The van der Waals surface area contributed by atoms with Crippen LogP contribution in [0.5, 0.6) is 0 Å². The third-order valence-corrected chi connectivity index (χ3v) is 4.14. The molecular formula is C14H11IN2O2S. The van der Waals surface area contributed by atoms with Crippen molar-refractivity contribution in [2.45, 2.75) is 0 Å². The van der Waals surface area contributed by atoms with Crippen LogP contribution in [0.25, 0.3) is 6.08 Å². The summed E-state index contributed by atoms with van der Waals surface area (Å²) >= 11 is 3.60. The number of halogens is 1. The number of hydrazine groups is 1. The van der Waals surface area contributed by atoms with Crippen molar-refractivity contribution in [2.24, 2.45) is 0 Å². The minimum atomic E-state index is -0.377. The van der Waals surface area contributed by atoms with Gasteiger partial charge in [0.05, 0.1) is 5.56 Å². The average Bonchev–Trinajstić information content (AvgIpc) is 2.96. The van der Waals surface area contributed by atoms with Crippen LogP contribution in [-0.2, 0) is 4.79 Å². The lowest BCUT2D eigenvalue weighted by Gasteiger charge is -2.06. The summed E-state index contributed by atoms with van der Waals surface area (Å²) in [7, 11) is 0. The Morgan fingerprint density at radius 1 is 1.10 bits per heavy atom. The highest BCUT2D eigenvalue weighted by atomic mass is 127. The smallest absolute Gasteiger partial charge is 0.268 e. The van der Waals surface area contributed by atoms with Gasteiger partial charge in [-0.05, 0) is 52.2 Å². The lowest BCUT2D eigenvalue weighted by Crippen LogP contribution is -2.41. The first kappa shape index (κ1) is 14.7. The maximum absolute atomic E-state index is 11.9. The first-order valence-electron chi connectivity index (χ1n) is 5.73. The Hall–Kier alpha value is -1.67. The van der Waals surface area contributed by atoms with Gasteiger partial charge in [-0.2, -0.15) is 0 Å². The van der Waals surface area contributed by atoms with Crippen molar-refractivity contribution in [1.82, 2.24) is 10.9 Å². The Bertz CT molecular complexity index is 638. The molecule has 0 aliphatic carbocycles. The third kappa shape index (κ3) is 4.17. The molecule has 0 aliphatic rings. The largest absolute Gasteiger partial charge is 0.270 e. The van der Waals surface area contributed by atoms with Crippen LogP contribution in [0, 0.1) is 3.57 Å². The first-order chi connectivity index (χ1) is 9.66. The molecule has 102 valence electrons. The van der Waals surface area contributed by atoms with Gasteiger partial charge in [0.2, 0.25) is 0 Å². The zero-order chi connectivity index (χ0) is 14.4. The van der Waals surface area contributed by atoms with Crippen molar-refractivity contribution in [1.29, 1.82) is 0 Å². The zero-order valence-electron chi connectivity index (χ0n) is 10.3. The molecule has 0 radical (unpaired) electrons. The van der Waals surface area contributed by atoms with Crippen LogP contribution < -0.4 is 10.9 Å². The molecule has 0 spiro atoms. The molecule has 0 bridgehead atoms. The fraction of sp³-hybridized carbons (Fsp3) is 0. The first-order valence-corrected chi connectivity index (χ1v) is 7.69. The summed E-state index contributed by atoms with van der Waals surface area (Å²) in [5.41, 5.74) is 5.25. The topological polar surface area (TPSA) is 58.2 Å². The van der Waals surface area contributed by atoms with E-state index in [1.807, 2.05) is 29.6 Å². The predicted molar refractivity (Wildman–Crippen MR) is 88.1 cm³/mol. The molecule has 20 heavy (non-hydrogen) atoms. The van der Waals surface area contributed by atoms with Crippen LogP contribution in [0.15, 0.2) is 47.9 Å². The minimum Gasteiger partial charge on any atom is -0.268 e. The maximum Gasteiger partial charge on any atom is 0.270 e. The molecule has 1 aromatic carbocycles. The maximum atomic E-state index is 11.9. The Morgan fingerprint density at radius 2 is 1.90 bits per heavy atom. The quantitative estimate of drug-likeness (QED) is 0.475. The second-order valence-electron chi connectivity index (χ2n) is 3.77. The summed E-state index contributed by atoms with van der Waals surface area (Å²) in [6.45, 7) is 0. The highest BCUT2D eigenvalue weighted by Crippen LogP contribution is 2.11. The molecule has 2 aromatic rings.